The molecule has 0 atom stereocenters. The molecule has 2 rings (SSSR count). The van der Waals surface area contributed by atoms with Crippen LogP contribution < -0.4 is 4.74 Å². The molecular formula is C16H15ClO. The molecule has 0 fully saturated rings. The lowest BCUT2D eigenvalue weighted by molar-refractivity contribution is 0.415. The van der Waals surface area contributed by atoms with Crippen LogP contribution in [0.5, 0.6) is 5.75 Å². The number of ether oxygens (including phenoxy) is 1. The van der Waals surface area contributed by atoms with E-state index < -0.39 is 0 Å². The molecule has 0 bridgehead atoms. The van der Waals surface area contributed by atoms with E-state index >= 15 is 0 Å². The maximum absolute atomic E-state index is 6.14. The first-order chi connectivity index (χ1) is 8.70. The van der Waals surface area contributed by atoms with E-state index in [0.29, 0.717) is 0 Å². The summed E-state index contributed by atoms with van der Waals surface area (Å²) >= 11 is 6.14. The van der Waals surface area contributed by atoms with Gasteiger partial charge in [-0.05, 0) is 47.9 Å². The predicted molar refractivity (Wildman–Crippen MR) is 78.0 cm³/mol. The van der Waals surface area contributed by atoms with E-state index in [1.165, 1.54) is 5.57 Å². The van der Waals surface area contributed by atoms with Gasteiger partial charge in [0, 0.05) is 5.02 Å². The van der Waals surface area contributed by atoms with Crippen LogP contribution in [-0.4, -0.2) is 7.11 Å². The Kier molecular flexibility index (Phi) is 4.06. The summed E-state index contributed by atoms with van der Waals surface area (Å²) in [5.74, 6) is 0.865. The lowest BCUT2D eigenvalue weighted by atomic mass is 10.0. The van der Waals surface area contributed by atoms with Crippen molar-refractivity contribution < 1.29 is 4.74 Å². The molecule has 0 saturated heterocycles. The van der Waals surface area contributed by atoms with Crippen molar-refractivity contribution in [1.82, 2.24) is 0 Å². The Morgan fingerprint density at radius 1 is 1.06 bits per heavy atom. The van der Waals surface area contributed by atoms with Crippen LogP contribution in [-0.2, 0) is 0 Å². The number of benzene rings is 2. The minimum Gasteiger partial charge on any atom is -0.497 e. The summed E-state index contributed by atoms with van der Waals surface area (Å²) in [5, 5.41) is 0.769. The van der Waals surface area contributed by atoms with Gasteiger partial charge in [-0.25, -0.2) is 0 Å². The van der Waals surface area contributed by atoms with Gasteiger partial charge >= 0.3 is 0 Å². The van der Waals surface area contributed by atoms with Gasteiger partial charge in [-0.15, -0.1) is 0 Å². The van der Waals surface area contributed by atoms with Crippen molar-refractivity contribution in [3.63, 3.8) is 0 Å². The van der Waals surface area contributed by atoms with Crippen LogP contribution in [0, 0.1) is 0 Å². The van der Waals surface area contributed by atoms with E-state index in [1.54, 1.807) is 7.11 Å². The summed E-state index contributed by atoms with van der Waals surface area (Å²) < 4.78 is 5.15. The molecule has 0 radical (unpaired) electrons. The van der Waals surface area contributed by atoms with E-state index in [-0.39, 0.29) is 0 Å². The van der Waals surface area contributed by atoms with Crippen LogP contribution in [0.25, 0.3) is 11.6 Å². The molecule has 0 aliphatic carbocycles. The molecule has 0 unspecified atom stereocenters. The molecule has 0 N–H and O–H groups in total. The topological polar surface area (TPSA) is 9.23 Å². The fourth-order valence-corrected chi connectivity index (χ4v) is 1.95. The van der Waals surface area contributed by atoms with Crippen molar-refractivity contribution in [1.29, 1.82) is 0 Å². The molecule has 2 heteroatoms. The van der Waals surface area contributed by atoms with Crippen molar-refractivity contribution in [2.24, 2.45) is 0 Å². The van der Waals surface area contributed by atoms with Gasteiger partial charge in [0.15, 0.2) is 0 Å². The predicted octanol–water partition coefficient (Wildman–Crippen LogP) is 4.91. The maximum Gasteiger partial charge on any atom is 0.118 e. The molecule has 0 amide bonds. The first kappa shape index (κ1) is 12.7. The van der Waals surface area contributed by atoms with E-state index in [1.807, 2.05) is 48.5 Å². The van der Waals surface area contributed by atoms with Gasteiger partial charge in [-0.3, -0.25) is 0 Å². The second-order valence-electron chi connectivity index (χ2n) is 4.08. The third-order valence-electron chi connectivity index (χ3n) is 2.82. The molecular weight excluding hydrogens is 244 g/mol. The standard InChI is InChI=1S/C16H15ClO/c1-12(11-14-5-3-4-6-16(14)17)13-7-9-15(18-2)10-8-13/h3-11H,1-2H3. The van der Waals surface area contributed by atoms with Crippen LogP contribution in [0.2, 0.25) is 5.02 Å². The highest BCUT2D eigenvalue weighted by atomic mass is 35.5. The summed E-state index contributed by atoms with van der Waals surface area (Å²) in [6, 6.07) is 15.8. The van der Waals surface area contributed by atoms with Gasteiger partial charge in [0.05, 0.1) is 7.11 Å². The Bertz CT molecular complexity index is 556. The molecule has 0 aromatic heterocycles. The smallest absolute Gasteiger partial charge is 0.118 e. The zero-order chi connectivity index (χ0) is 13.0. The van der Waals surface area contributed by atoms with Crippen molar-refractivity contribution >= 4 is 23.3 Å². The highest BCUT2D eigenvalue weighted by molar-refractivity contribution is 6.32. The van der Waals surface area contributed by atoms with Gasteiger partial charge in [0.2, 0.25) is 0 Å². The average Bonchev–Trinajstić information content (AvgIpc) is 2.41. The Labute approximate surface area is 113 Å². The summed E-state index contributed by atoms with van der Waals surface area (Å²) in [4.78, 5) is 0. The molecule has 92 valence electrons. The Hall–Kier alpha value is -1.73. The molecule has 0 aliphatic rings. The molecule has 0 spiro atoms. The van der Waals surface area contributed by atoms with Gasteiger partial charge < -0.3 is 4.74 Å². The summed E-state index contributed by atoms with van der Waals surface area (Å²) in [6.45, 7) is 2.07. The van der Waals surface area contributed by atoms with Crippen LogP contribution in [0.3, 0.4) is 0 Å². The van der Waals surface area contributed by atoms with Crippen molar-refractivity contribution in [3.05, 3.63) is 64.7 Å². The van der Waals surface area contributed by atoms with E-state index in [2.05, 4.69) is 13.0 Å². The maximum atomic E-state index is 6.14. The second kappa shape index (κ2) is 5.74. The molecule has 0 saturated carbocycles. The Morgan fingerprint density at radius 2 is 1.72 bits per heavy atom. The normalized spacial score (nSPS) is 11.4. The average molecular weight is 259 g/mol. The van der Waals surface area contributed by atoms with Gasteiger partial charge in [0.25, 0.3) is 0 Å². The largest absolute Gasteiger partial charge is 0.497 e. The number of methoxy groups -OCH3 is 1. The van der Waals surface area contributed by atoms with Gasteiger partial charge in [-0.1, -0.05) is 41.9 Å². The number of rotatable bonds is 3. The highest BCUT2D eigenvalue weighted by Gasteiger charge is 1.99. The summed E-state index contributed by atoms with van der Waals surface area (Å²) in [7, 11) is 1.67. The molecule has 0 aliphatic heterocycles. The van der Waals surface area contributed by atoms with Crippen LogP contribution in [0.15, 0.2) is 48.5 Å². The molecule has 2 aromatic rings. The first-order valence-electron chi connectivity index (χ1n) is 5.78. The fourth-order valence-electron chi connectivity index (χ4n) is 1.76. The van der Waals surface area contributed by atoms with Crippen LogP contribution in [0.4, 0.5) is 0 Å². The third kappa shape index (κ3) is 2.93. The zero-order valence-corrected chi connectivity index (χ0v) is 11.2. The quantitative estimate of drug-likeness (QED) is 0.711. The molecule has 18 heavy (non-hydrogen) atoms. The molecule has 1 nitrogen and oxygen atoms in total. The van der Waals surface area contributed by atoms with Crippen LogP contribution in [0.1, 0.15) is 18.1 Å². The minimum atomic E-state index is 0.769. The number of hydrogen-bond donors (Lipinski definition) is 0. The van der Waals surface area contributed by atoms with Crippen molar-refractivity contribution in [3.8, 4) is 5.75 Å². The molecule has 0 heterocycles. The summed E-state index contributed by atoms with van der Waals surface area (Å²) in [5.41, 5.74) is 3.37. The number of halogens is 1. The van der Waals surface area contributed by atoms with E-state index in [9.17, 15) is 0 Å². The second-order valence-corrected chi connectivity index (χ2v) is 4.48. The van der Waals surface area contributed by atoms with Crippen molar-refractivity contribution in [2.45, 2.75) is 6.92 Å². The minimum absolute atomic E-state index is 0.769. The SMILES string of the molecule is COc1ccc(C(C)=Cc2ccccc2Cl)cc1. The zero-order valence-electron chi connectivity index (χ0n) is 10.5. The molecule has 2 aromatic carbocycles. The van der Waals surface area contributed by atoms with Crippen molar-refractivity contribution in [2.75, 3.05) is 7.11 Å². The summed E-state index contributed by atoms with van der Waals surface area (Å²) in [6.07, 6.45) is 2.09. The fraction of sp³-hybridized carbons (Fsp3) is 0.125. The van der Waals surface area contributed by atoms with Gasteiger partial charge in [-0.2, -0.15) is 0 Å². The third-order valence-corrected chi connectivity index (χ3v) is 3.17. The Morgan fingerprint density at radius 3 is 2.33 bits per heavy atom. The number of hydrogen-bond acceptors (Lipinski definition) is 1. The lowest BCUT2D eigenvalue weighted by Crippen LogP contribution is -1.84. The number of allylic oxidation sites excluding steroid dienone is 1. The monoisotopic (exact) mass is 258 g/mol. The lowest BCUT2D eigenvalue weighted by Gasteiger charge is -2.05. The van der Waals surface area contributed by atoms with E-state index in [0.717, 1.165) is 21.9 Å². The van der Waals surface area contributed by atoms with Crippen LogP contribution >= 0.6 is 11.6 Å². The van der Waals surface area contributed by atoms with E-state index in [4.69, 9.17) is 16.3 Å². The van der Waals surface area contributed by atoms with Gasteiger partial charge in [0.1, 0.15) is 5.75 Å². The highest BCUT2D eigenvalue weighted by Crippen LogP contribution is 2.23. The Balaban J connectivity index is 2.30. The first-order valence-corrected chi connectivity index (χ1v) is 6.16.